The fourth-order valence-corrected chi connectivity index (χ4v) is 0.730. The zero-order valence-corrected chi connectivity index (χ0v) is 6.87. The van der Waals surface area contributed by atoms with Crippen LogP contribution in [0.4, 0.5) is 0 Å². The van der Waals surface area contributed by atoms with Crippen LogP contribution in [0.15, 0.2) is 0 Å². The monoisotopic (exact) mass is 185 g/mol. The molecule has 0 aliphatic heterocycles. The van der Waals surface area contributed by atoms with E-state index in [0.717, 1.165) is 0 Å². The van der Waals surface area contributed by atoms with Gasteiger partial charge in [0.25, 0.3) is 0 Å². The lowest BCUT2D eigenvalue weighted by Gasteiger charge is -2.05. The van der Waals surface area contributed by atoms with E-state index in [1.165, 1.54) is 0 Å². The second kappa shape index (κ2) is 5.65. The number of aliphatic hydroxyl groups is 1. The highest BCUT2D eigenvalue weighted by atomic mass is 31.2. The van der Waals surface area contributed by atoms with Gasteiger partial charge in [-0.2, -0.15) is 0 Å². The van der Waals surface area contributed by atoms with Crippen molar-refractivity contribution in [2.24, 2.45) is 5.50 Å². The molecule has 0 radical (unpaired) electrons. The first kappa shape index (κ1) is 11.0. The van der Waals surface area contributed by atoms with E-state index in [1.54, 1.807) is 0 Å². The second-order valence-electron chi connectivity index (χ2n) is 1.73. The quantitative estimate of drug-likeness (QED) is 0.365. The summed E-state index contributed by atoms with van der Waals surface area (Å²) in [5.74, 6) is 0. The van der Waals surface area contributed by atoms with Crippen molar-refractivity contribution < 1.29 is 23.8 Å². The number of rotatable bonds is 6. The molecule has 0 saturated heterocycles. The minimum atomic E-state index is -3.86. The van der Waals surface area contributed by atoms with Crippen LogP contribution < -0.4 is 5.50 Å². The maximum Gasteiger partial charge on any atom is 0.400 e. The summed E-state index contributed by atoms with van der Waals surface area (Å²) in [7, 11) is -3.86. The van der Waals surface area contributed by atoms with Crippen LogP contribution in [0.3, 0.4) is 0 Å². The summed E-state index contributed by atoms with van der Waals surface area (Å²) in [5, 5.41) is 8.23. The molecule has 0 bridgehead atoms. The zero-order chi connectivity index (χ0) is 8.74. The van der Waals surface area contributed by atoms with Gasteiger partial charge in [0.2, 0.25) is 0 Å². The van der Waals surface area contributed by atoms with Crippen LogP contribution >= 0.6 is 7.75 Å². The Labute approximate surface area is 64.5 Å². The first-order valence-corrected chi connectivity index (χ1v) is 4.65. The van der Waals surface area contributed by atoms with E-state index >= 15 is 0 Å². The van der Waals surface area contributed by atoms with Gasteiger partial charge in [0.1, 0.15) is 0 Å². The average molecular weight is 185 g/mol. The van der Waals surface area contributed by atoms with Gasteiger partial charge in [-0.3, -0.25) is 4.52 Å². The Kier molecular flexibility index (Phi) is 5.67. The maximum absolute atomic E-state index is 10.3. The first-order chi connectivity index (χ1) is 5.06. The minimum Gasteiger partial charge on any atom is -0.394 e. The SMILES string of the molecule is NP(=O)(O)OCCOCCO. The molecule has 0 fully saturated rings. The smallest absolute Gasteiger partial charge is 0.394 e. The van der Waals surface area contributed by atoms with E-state index in [0.29, 0.717) is 0 Å². The van der Waals surface area contributed by atoms with Crippen molar-refractivity contribution in [2.75, 3.05) is 26.4 Å². The summed E-state index contributed by atoms with van der Waals surface area (Å²) in [6, 6.07) is 0. The van der Waals surface area contributed by atoms with E-state index < -0.39 is 7.75 Å². The Morgan fingerprint density at radius 2 is 2.00 bits per heavy atom. The van der Waals surface area contributed by atoms with Crippen LogP contribution in [0.5, 0.6) is 0 Å². The highest BCUT2D eigenvalue weighted by Gasteiger charge is 2.09. The number of aliphatic hydroxyl groups excluding tert-OH is 1. The molecule has 0 spiro atoms. The molecular formula is C4H12NO5P. The van der Waals surface area contributed by atoms with Crippen LogP contribution in [-0.2, 0) is 13.8 Å². The molecular weight excluding hydrogens is 173 g/mol. The molecule has 0 heterocycles. The Morgan fingerprint density at radius 3 is 2.45 bits per heavy atom. The molecule has 0 rings (SSSR count). The van der Waals surface area contributed by atoms with Crippen molar-refractivity contribution in [2.45, 2.75) is 0 Å². The molecule has 0 aromatic carbocycles. The average Bonchev–Trinajstić information content (AvgIpc) is 1.85. The molecule has 4 N–H and O–H groups in total. The number of hydrogen-bond donors (Lipinski definition) is 3. The molecule has 6 nitrogen and oxygen atoms in total. The largest absolute Gasteiger partial charge is 0.400 e. The summed E-state index contributed by atoms with van der Waals surface area (Å²) < 4.78 is 19.2. The standard InChI is InChI=1S/C4H12NO5P/c5-11(7,8)10-4-3-9-2-1-6/h6H,1-4H2,(H3,5,7,8). The first-order valence-electron chi connectivity index (χ1n) is 3.01. The minimum absolute atomic E-state index is 0.0513. The fourth-order valence-electron chi connectivity index (χ4n) is 0.394. The number of hydrogen-bond acceptors (Lipinski definition) is 4. The van der Waals surface area contributed by atoms with Gasteiger partial charge >= 0.3 is 7.75 Å². The van der Waals surface area contributed by atoms with E-state index in [1.807, 2.05) is 0 Å². The van der Waals surface area contributed by atoms with Crippen LogP contribution in [0, 0.1) is 0 Å². The molecule has 7 heteroatoms. The van der Waals surface area contributed by atoms with Crippen molar-refractivity contribution in [3.63, 3.8) is 0 Å². The summed E-state index contributed by atoms with van der Waals surface area (Å²) in [6.07, 6.45) is 0. The van der Waals surface area contributed by atoms with Gasteiger partial charge in [0.05, 0.1) is 26.4 Å². The van der Waals surface area contributed by atoms with Crippen molar-refractivity contribution in [1.29, 1.82) is 0 Å². The summed E-state index contributed by atoms with van der Waals surface area (Å²) >= 11 is 0. The highest BCUT2D eigenvalue weighted by molar-refractivity contribution is 7.50. The van der Waals surface area contributed by atoms with Crippen LogP contribution in [0.25, 0.3) is 0 Å². The van der Waals surface area contributed by atoms with Crippen LogP contribution in [-0.4, -0.2) is 36.4 Å². The molecule has 0 aromatic heterocycles. The molecule has 1 atom stereocenters. The van der Waals surface area contributed by atoms with Gasteiger partial charge in [-0.1, -0.05) is 0 Å². The lowest BCUT2D eigenvalue weighted by Crippen LogP contribution is -2.08. The Morgan fingerprint density at radius 1 is 1.36 bits per heavy atom. The summed E-state index contributed by atoms with van der Waals surface area (Å²) in [4.78, 5) is 8.38. The van der Waals surface area contributed by atoms with E-state index in [4.69, 9.17) is 14.7 Å². The van der Waals surface area contributed by atoms with E-state index in [2.05, 4.69) is 10.0 Å². The van der Waals surface area contributed by atoms with Crippen LogP contribution in [0.1, 0.15) is 0 Å². The number of ether oxygens (including phenoxy) is 1. The second-order valence-corrected chi connectivity index (χ2v) is 3.12. The predicted octanol–water partition coefficient (Wildman–Crippen LogP) is -0.929. The molecule has 0 aromatic rings. The zero-order valence-electron chi connectivity index (χ0n) is 5.97. The molecule has 11 heavy (non-hydrogen) atoms. The predicted molar refractivity (Wildman–Crippen MR) is 37.9 cm³/mol. The van der Waals surface area contributed by atoms with Crippen molar-refractivity contribution in [3.8, 4) is 0 Å². The summed E-state index contributed by atoms with van der Waals surface area (Å²) in [6.45, 7) is 0.190. The van der Waals surface area contributed by atoms with Crippen molar-refractivity contribution >= 4 is 7.75 Å². The third-order valence-electron chi connectivity index (χ3n) is 0.740. The topological polar surface area (TPSA) is 102 Å². The van der Waals surface area contributed by atoms with Gasteiger partial charge < -0.3 is 14.7 Å². The number of nitrogens with two attached hydrogens (primary N) is 1. The van der Waals surface area contributed by atoms with E-state index in [9.17, 15) is 4.57 Å². The van der Waals surface area contributed by atoms with Crippen molar-refractivity contribution in [3.05, 3.63) is 0 Å². The third kappa shape index (κ3) is 10.0. The van der Waals surface area contributed by atoms with Crippen LogP contribution in [0.2, 0.25) is 0 Å². The third-order valence-corrected chi connectivity index (χ3v) is 1.29. The lowest BCUT2D eigenvalue weighted by atomic mass is 10.7. The maximum atomic E-state index is 10.3. The van der Waals surface area contributed by atoms with Gasteiger partial charge in [0, 0.05) is 0 Å². The van der Waals surface area contributed by atoms with E-state index in [-0.39, 0.29) is 26.4 Å². The molecule has 0 amide bonds. The Balaban J connectivity index is 3.09. The molecule has 0 aliphatic carbocycles. The molecule has 1 unspecified atom stereocenters. The Bertz CT molecular complexity index is 134. The molecule has 0 saturated carbocycles. The highest BCUT2D eigenvalue weighted by Crippen LogP contribution is 2.30. The van der Waals surface area contributed by atoms with Gasteiger partial charge in [-0.15, -0.1) is 0 Å². The summed E-state index contributed by atoms with van der Waals surface area (Å²) in [5.41, 5.74) is 4.63. The van der Waals surface area contributed by atoms with Crippen molar-refractivity contribution in [1.82, 2.24) is 0 Å². The molecule has 0 aliphatic rings. The molecule has 68 valence electrons. The van der Waals surface area contributed by atoms with Gasteiger partial charge in [-0.05, 0) is 0 Å². The Hall–Kier alpha value is 0.0300. The normalized spacial score (nSPS) is 16.3. The van der Waals surface area contributed by atoms with Gasteiger partial charge in [-0.25, -0.2) is 10.1 Å². The lowest BCUT2D eigenvalue weighted by molar-refractivity contribution is 0.0677. The van der Waals surface area contributed by atoms with Gasteiger partial charge in [0.15, 0.2) is 0 Å². The fraction of sp³-hybridized carbons (Fsp3) is 1.00.